The third kappa shape index (κ3) is 2.24. The molecule has 8 nitrogen and oxygen atoms in total. The van der Waals surface area contributed by atoms with Gasteiger partial charge in [0.05, 0.1) is 34.6 Å². The Labute approximate surface area is 180 Å². The lowest BCUT2D eigenvalue weighted by Gasteiger charge is -2.31. The van der Waals surface area contributed by atoms with E-state index in [1.807, 2.05) is 4.57 Å². The fraction of sp³-hybridized carbons (Fsp3) is 0.348. The van der Waals surface area contributed by atoms with E-state index in [-0.39, 0.29) is 53.1 Å². The number of rotatable bonds is 1. The molecule has 9 heteroatoms. The largest absolute Gasteiger partial charge is 0.458 e. The third-order valence-corrected chi connectivity index (χ3v) is 7.02. The highest BCUT2D eigenvalue weighted by Crippen LogP contribution is 2.39. The number of carbonyl (C=O) groups is 1. The molecule has 0 saturated carbocycles. The van der Waals surface area contributed by atoms with Gasteiger partial charge in [0.25, 0.3) is 5.56 Å². The lowest BCUT2D eigenvalue weighted by Crippen LogP contribution is -2.44. The molecule has 3 N–H and O–H groups in total. The summed E-state index contributed by atoms with van der Waals surface area (Å²) >= 11 is 0. The monoisotopic (exact) mass is 437 g/mol. The summed E-state index contributed by atoms with van der Waals surface area (Å²) in [5.74, 6) is -1.34. The summed E-state index contributed by atoms with van der Waals surface area (Å²) in [6, 6.07) is 3.90. The van der Waals surface area contributed by atoms with Crippen LogP contribution in [-0.4, -0.2) is 26.3 Å². The predicted molar refractivity (Wildman–Crippen MR) is 113 cm³/mol. The Balaban J connectivity index is 1.73. The molecule has 3 aliphatic rings. The second kappa shape index (κ2) is 6.14. The molecular weight excluding hydrogens is 417 g/mol. The van der Waals surface area contributed by atoms with Gasteiger partial charge in [-0.15, -0.1) is 0 Å². The summed E-state index contributed by atoms with van der Waals surface area (Å²) in [6.07, 6.45) is 0.469. The van der Waals surface area contributed by atoms with Crippen LogP contribution in [0.15, 0.2) is 27.8 Å². The van der Waals surface area contributed by atoms with Crippen molar-refractivity contribution in [2.45, 2.75) is 51.1 Å². The molecule has 0 amide bonds. The first-order chi connectivity index (χ1) is 15.2. The molecule has 3 aliphatic heterocycles. The summed E-state index contributed by atoms with van der Waals surface area (Å²) in [4.78, 5) is 39.2. The van der Waals surface area contributed by atoms with Crippen molar-refractivity contribution in [2.24, 2.45) is 5.73 Å². The number of nitrogens with two attached hydrogens (primary N) is 1. The van der Waals surface area contributed by atoms with E-state index in [1.54, 1.807) is 6.92 Å². The van der Waals surface area contributed by atoms with E-state index in [9.17, 15) is 23.9 Å². The molecule has 0 radical (unpaired) electrons. The van der Waals surface area contributed by atoms with E-state index in [1.165, 1.54) is 22.8 Å². The molecule has 2 aromatic heterocycles. The smallest absolute Gasteiger partial charge is 0.343 e. The van der Waals surface area contributed by atoms with Crippen molar-refractivity contribution in [1.29, 1.82) is 0 Å². The molecule has 0 bridgehead atoms. The van der Waals surface area contributed by atoms with Crippen LogP contribution in [-0.2, 0) is 41.2 Å². The topological polar surface area (TPSA) is 117 Å². The van der Waals surface area contributed by atoms with Gasteiger partial charge in [-0.25, -0.2) is 9.18 Å². The van der Waals surface area contributed by atoms with Gasteiger partial charge >= 0.3 is 5.97 Å². The van der Waals surface area contributed by atoms with Gasteiger partial charge in [-0.1, -0.05) is 6.92 Å². The minimum atomic E-state index is -1.96. The molecule has 32 heavy (non-hydrogen) atoms. The lowest BCUT2D eigenvalue weighted by atomic mass is 9.85. The van der Waals surface area contributed by atoms with Crippen molar-refractivity contribution in [1.82, 2.24) is 9.13 Å². The molecule has 0 saturated heterocycles. The average molecular weight is 437 g/mol. The first-order valence-corrected chi connectivity index (χ1v) is 10.5. The highest BCUT2D eigenvalue weighted by molar-refractivity contribution is 5.90. The molecule has 0 spiro atoms. The Morgan fingerprint density at radius 2 is 2.03 bits per heavy atom. The third-order valence-electron chi connectivity index (χ3n) is 7.02. The van der Waals surface area contributed by atoms with E-state index in [0.29, 0.717) is 35.4 Å². The van der Waals surface area contributed by atoms with E-state index >= 15 is 0 Å². The second-order valence-electron chi connectivity index (χ2n) is 8.79. The quantitative estimate of drug-likeness (QED) is 0.427. The van der Waals surface area contributed by atoms with Crippen LogP contribution in [0, 0.1) is 5.82 Å². The van der Waals surface area contributed by atoms with Crippen LogP contribution in [0.4, 0.5) is 4.39 Å². The van der Waals surface area contributed by atoms with Gasteiger partial charge in [0.2, 0.25) is 0 Å². The van der Waals surface area contributed by atoms with E-state index in [2.05, 4.69) is 0 Å². The molecule has 6 rings (SSSR count). The minimum Gasteiger partial charge on any atom is -0.458 e. The SMILES string of the molecule is CC[C@@]1(O)C(=O)OCc2c1cc1n(c2=O)Cc2c-1c(=O)c1cc(F)cc3c1n2CC(N)C3. The maximum absolute atomic E-state index is 14.3. The highest BCUT2D eigenvalue weighted by atomic mass is 19.1. The van der Waals surface area contributed by atoms with E-state index in [4.69, 9.17) is 10.5 Å². The number of cyclic esters (lactones) is 1. The Morgan fingerprint density at radius 3 is 2.78 bits per heavy atom. The number of aliphatic hydroxyl groups is 1. The van der Waals surface area contributed by atoms with Crippen molar-refractivity contribution in [3.8, 4) is 11.3 Å². The van der Waals surface area contributed by atoms with Crippen LogP contribution >= 0.6 is 0 Å². The normalized spacial score (nSPS) is 23.0. The number of halogens is 1. The van der Waals surface area contributed by atoms with Crippen LogP contribution in [0.1, 0.15) is 35.7 Å². The fourth-order valence-corrected chi connectivity index (χ4v) is 5.46. The maximum Gasteiger partial charge on any atom is 0.343 e. The number of aromatic nitrogens is 2. The van der Waals surface area contributed by atoms with Crippen LogP contribution < -0.4 is 16.7 Å². The van der Waals surface area contributed by atoms with Crippen molar-refractivity contribution >= 4 is 16.9 Å². The molecule has 2 atom stereocenters. The van der Waals surface area contributed by atoms with E-state index < -0.39 is 22.9 Å². The standard InChI is InChI=1S/C23H20FN3O5/c1-2-23(31)15-6-16-18-17(8-27(16)21(29)14(15)9-32-22(23)30)26-7-12(25)4-10-3-11(24)5-13(19(10)26)20(18)28/h3,5-6,12,31H,2,4,7-9,25H2,1H3/t12?,23-/m0/s1. The second-order valence-corrected chi connectivity index (χ2v) is 8.79. The fourth-order valence-electron chi connectivity index (χ4n) is 5.46. The minimum absolute atomic E-state index is 0.0139. The number of fused-ring (bicyclic) bond motifs is 5. The molecular formula is C23H20FN3O5. The van der Waals surface area contributed by atoms with Gasteiger partial charge in [0.1, 0.15) is 12.4 Å². The zero-order valence-corrected chi connectivity index (χ0v) is 17.3. The van der Waals surface area contributed by atoms with Crippen LogP contribution in [0.5, 0.6) is 0 Å². The molecule has 164 valence electrons. The summed E-state index contributed by atoms with van der Waals surface area (Å²) in [7, 11) is 0. The zero-order valence-electron chi connectivity index (χ0n) is 17.3. The van der Waals surface area contributed by atoms with Gasteiger partial charge in [-0.2, -0.15) is 0 Å². The van der Waals surface area contributed by atoms with Crippen molar-refractivity contribution in [2.75, 3.05) is 0 Å². The Kier molecular flexibility index (Phi) is 3.72. The first-order valence-electron chi connectivity index (χ1n) is 10.5. The molecule has 3 aromatic rings. The maximum atomic E-state index is 14.3. The van der Waals surface area contributed by atoms with Gasteiger partial charge in [0.15, 0.2) is 11.0 Å². The summed E-state index contributed by atoms with van der Waals surface area (Å²) in [5, 5.41) is 11.2. The summed E-state index contributed by atoms with van der Waals surface area (Å²) in [5.41, 5.74) is 6.35. The number of pyridine rings is 2. The van der Waals surface area contributed by atoms with Crippen molar-refractivity contribution < 1.29 is 19.0 Å². The summed E-state index contributed by atoms with van der Waals surface area (Å²) in [6.45, 7) is 1.95. The lowest BCUT2D eigenvalue weighted by molar-refractivity contribution is -0.172. The Bertz CT molecular complexity index is 1500. The predicted octanol–water partition coefficient (Wildman–Crippen LogP) is 0.869. The Morgan fingerprint density at radius 1 is 1.25 bits per heavy atom. The van der Waals surface area contributed by atoms with Gasteiger partial charge in [0, 0.05) is 23.5 Å². The van der Waals surface area contributed by atoms with Crippen LogP contribution in [0.2, 0.25) is 0 Å². The molecule has 1 aromatic carbocycles. The number of nitrogens with zero attached hydrogens (tertiary/aromatic N) is 2. The van der Waals surface area contributed by atoms with Gasteiger partial charge in [-0.3, -0.25) is 9.59 Å². The Hall–Kier alpha value is -3.30. The summed E-state index contributed by atoms with van der Waals surface area (Å²) < 4.78 is 22.8. The number of benzene rings is 1. The number of ether oxygens (including phenoxy) is 1. The zero-order chi connectivity index (χ0) is 22.5. The number of hydrogen-bond donors (Lipinski definition) is 2. The molecule has 0 aliphatic carbocycles. The number of carbonyl (C=O) groups excluding carboxylic acids is 1. The first kappa shape index (κ1) is 19.4. The number of hydrogen-bond acceptors (Lipinski definition) is 6. The molecule has 0 fully saturated rings. The van der Waals surface area contributed by atoms with Crippen molar-refractivity contribution in [3.05, 3.63) is 67.0 Å². The highest BCUT2D eigenvalue weighted by Gasteiger charge is 2.45. The van der Waals surface area contributed by atoms with E-state index in [0.717, 1.165) is 0 Å². The van der Waals surface area contributed by atoms with Crippen LogP contribution in [0.25, 0.3) is 22.2 Å². The molecule has 5 heterocycles. The van der Waals surface area contributed by atoms with Gasteiger partial charge < -0.3 is 24.7 Å². The van der Waals surface area contributed by atoms with Gasteiger partial charge in [-0.05, 0) is 36.6 Å². The van der Waals surface area contributed by atoms with Crippen LogP contribution in [0.3, 0.4) is 0 Å². The average Bonchev–Trinajstić information content (AvgIpc) is 3.14. The number of esters is 1. The van der Waals surface area contributed by atoms with Crippen molar-refractivity contribution in [3.63, 3.8) is 0 Å². The molecule has 1 unspecified atom stereocenters.